The van der Waals surface area contributed by atoms with Gasteiger partial charge in [0.05, 0.1) is 10.6 Å². The van der Waals surface area contributed by atoms with E-state index in [4.69, 9.17) is 11.6 Å². The second-order valence-corrected chi connectivity index (χ2v) is 4.73. The van der Waals surface area contributed by atoms with Crippen molar-refractivity contribution in [1.82, 2.24) is 0 Å². The number of amides is 1. The molecule has 0 saturated heterocycles. The van der Waals surface area contributed by atoms with Gasteiger partial charge in [0.25, 0.3) is 5.69 Å². The number of nitro groups is 1. The Labute approximate surface area is 130 Å². The predicted molar refractivity (Wildman–Crippen MR) is 82.2 cm³/mol. The summed E-state index contributed by atoms with van der Waals surface area (Å²) in [5.41, 5.74) is 0.588. The summed E-state index contributed by atoms with van der Waals surface area (Å²) in [6.07, 6.45) is 2.67. The van der Waals surface area contributed by atoms with Crippen molar-refractivity contribution in [3.05, 3.63) is 75.1 Å². The number of rotatable bonds is 4. The standard InChI is InChI=1S/C15H10ClFN2O3/c16-11-4-7-14(13(17)9-11)18-15(20)8-3-10-1-5-12(6-2-10)19(21)22/h1-9H,(H,18,20)/b8-3+. The second kappa shape index (κ2) is 6.82. The van der Waals surface area contributed by atoms with E-state index in [1.165, 1.54) is 48.6 Å². The van der Waals surface area contributed by atoms with Crippen LogP contribution in [0.25, 0.3) is 6.08 Å². The van der Waals surface area contributed by atoms with E-state index in [1.807, 2.05) is 0 Å². The summed E-state index contributed by atoms with van der Waals surface area (Å²) < 4.78 is 13.5. The van der Waals surface area contributed by atoms with Crippen LogP contribution in [0.1, 0.15) is 5.56 Å². The average Bonchev–Trinajstić information content (AvgIpc) is 2.48. The monoisotopic (exact) mass is 320 g/mol. The highest BCUT2D eigenvalue weighted by Gasteiger charge is 2.06. The zero-order chi connectivity index (χ0) is 16.1. The molecule has 0 aromatic heterocycles. The van der Waals surface area contributed by atoms with Crippen LogP contribution < -0.4 is 5.32 Å². The summed E-state index contributed by atoms with van der Waals surface area (Å²) in [5.74, 6) is -1.16. The van der Waals surface area contributed by atoms with Crippen LogP contribution in [0.2, 0.25) is 5.02 Å². The lowest BCUT2D eigenvalue weighted by molar-refractivity contribution is -0.384. The van der Waals surface area contributed by atoms with Gasteiger partial charge in [0.1, 0.15) is 5.82 Å². The molecule has 1 N–H and O–H groups in total. The molecule has 22 heavy (non-hydrogen) atoms. The lowest BCUT2D eigenvalue weighted by atomic mass is 10.2. The van der Waals surface area contributed by atoms with Crippen molar-refractivity contribution in [3.63, 3.8) is 0 Å². The van der Waals surface area contributed by atoms with E-state index >= 15 is 0 Å². The smallest absolute Gasteiger partial charge is 0.269 e. The van der Waals surface area contributed by atoms with Gasteiger partial charge in [-0.3, -0.25) is 14.9 Å². The number of non-ortho nitro benzene ring substituents is 1. The number of hydrogen-bond donors (Lipinski definition) is 1. The molecule has 2 aromatic carbocycles. The molecule has 0 heterocycles. The quantitative estimate of drug-likeness (QED) is 0.525. The van der Waals surface area contributed by atoms with Gasteiger partial charge in [-0.2, -0.15) is 0 Å². The van der Waals surface area contributed by atoms with Gasteiger partial charge >= 0.3 is 0 Å². The van der Waals surface area contributed by atoms with E-state index in [-0.39, 0.29) is 16.4 Å². The Balaban J connectivity index is 2.03. The lowest BCUT2D eigenvalue weighted by Crippen LogP contribution is -2.09. The molecule has 2 aromatic rings. The van der Waals surface area contributed by atoms with Crippen molar-refractivity contribution < 1.29 is 14.1 Å². The number of nitro benzene ring substituents is 1. The van der Waals surface area contributed by atoms with Crippen LogP contribution >= 0.6 is 11.6 Å². The Morgan fingerprint density at radius 1 is 1.23 bits per heavy atom. The maximum absolute atomic E-state index is 13.5. The number of halogens is 2. The summed E-state index contributed by atoms with van der Waals surface area (Å²) in [5, 5.41) is 13.1. The molecule has 1 amide bonds. The number of nitrogens with one attached hydrogen (secondary N) is 1. The van der Waals surface area contributed by atoms with Gasteiger partial charge in [-0.25, -0.2) is 4.39 Å². The first-order chi connectivity index (χ1) is 10.5. The number of anilines is 1. The zero-order valence-corrected chi connectivity index (χ0v) is 11.9. The minimum atomic E-state index is -0.635. The van der Waals surface area contributed by atoms with E-state index in [1.54, 1.807) is 0 Å². The Hall–Kier alpha value is -2.73. The normalized spacial score (nSPS) is 10.6. The largest absolute Gasteiger partial charge is 0.320 e. The van der Waals surface area contributed by atoms with Crippen LogP contribution in [0, 0.1) is 15.9 Å². The minimum Gasteiger partial charge on any atom is -0.320 e. The van der Waals surface area contributed by atoms with Crippen molar-refractivity contribution >= 4 is 35.0 Å². The number of carbonyl (C=O) groups is 1. The summed E-state index contributed by atoms with van der Waals surface area (Å²) in [7, 11) is 0. The zero-order valence-electron chi connectivity index (χ0n) is 11.1. The first-order valence-electron chi connectivity index (χ1n) is 6.14. The molecular formula is C15H10ClFN2O3. The summed E-state index contributed by atoms with van der Waals surface area (Å²) in [4.78, 5) is 21.7. The highest BCUT2D eigenvalue weighted by molar-refractivity contribution is 6.30. The Morgan fingerprint density at radius 2 is 1.91 bits per heavy atom. The fourth-order valence-corrected chi connectivity index (χ4v) is 1.80. The first-order valence-corrected chi connectivity index (χ1v) is 6.52. The Bertz CT molecular complexity index is 745. The minimum absolute atomic E-state index is 0.0164. The van der Waals surface area contributed by atoms with Crippen LogP contribution in [0.3, 0.4) is 0 Å². The van der Waals surface area contributed by atoms with Crippen molar-refractivity contribution in [1.29, 1.82) is 0 Å². The van der Waals surface area contributed by atoms with Crippen LogP contribution in [0.15, 0.2) is 48.5 Å². The molecule has 112 valence electrons. The van der Waals surface area contributed by atoms with Crippen LogP contribution in [0.4, 0.5) is 15.8 Å². The van der Waals surface area contributed by atoms with Crippen molar-refractivity contribution in [2.24, 2.45) is 0 Å². The molecule has 0 fully saturated rings. The van der Waals surface area contributed by atoms with Gasteiger partial charge < -0.3 is 5.32 Å². The number of benzene rings is 2. The van der Waals surface area contributed by atoms with Gasteiger partial charge in [-0.15, -0.1) is 0 Å². The fraction of sp³-hybridized carbons (Fsp3) is 0. The topological polar surface area (TPSA) is 72.2 Å². The summed E-state index contributed by atoms with van der Waals surface area (Å²) >= 11 is 5.62. The van der Waals surface area contributed by atoms with Crippen LogP contribution in [-0.4, -0.2) is 10.8 Å². The lowest BCUT2D eigenvalue weighted by Gasteiger charge is -2.03. The van der Waals surface area contributed by atoms with E-state index < -0.39 is 16.6 Å². The van der Waals surface area contributed by atoms with Gasteiger partial charge in [0.2, 0.25) is 5.91 Å². The molecule has 0 spiro atoms. The third kappa shape index (κ3) is 4.13. The van der Waals surface area contributed by atoms with Crippen molar-refractivity contribution in [3.8, 4) is 0 Å². The maximum Gasteiger partial charge on any atom is 0.269 e. The molecule has 5 nitrogen and oxygen atoms in total. The molecule has 0 bridgehead atoms. The van der Waals surface area contributed by atoms with Crippen LogP contribution in [-0.2, 0) is 4.79 Å². The predicted octanol–water partition coefficient (Wildman–Crippen LogP) is 4.04. The van der Waals surface area contributed by atoms with Gasteiger partial charge in [-0.1, -0.05) is 11.6 Å². The van der Waals surface area contributed by atoms with Crippen molar-refractivity contribution in [2.45, 2.75) is 0 Å². The molecule has 0 aliphatic carbocycles. The van der Waals surface area contributed by atoms with Crippen molar-refractivity contribution in [2.75, 3.05) is 5.32 Å². The molecule has 7 heteroatoms. The average molecular weight is 321 g/mol. The molecule has 2 rings (SSSR count). The fourth-order valence-electron chi connectivity index (χ4n) is 1.64. The SMILES string of the molecule is O=C(/C=C/c1ccc([N+](=O)[O-])cc1)Nc1ccc(Cl)cc1F. The number of carbonyl (C=O) groups excluding carboxylic acids is 1. The molecule has 0 atom stereocenters. The van der Waals surface area contributed by atoms with E-state index in [0.29, 0.717) is 5.56 Å². The van der Waals surface area contributed by atoms with E-state index in [0.717, 1.165) is 6.07 Å². The first kappa shape index (κ1) is 15.7. The second-order valence-electron chi connectivity index (χ2n) is 4.30. The molecule has 0 saturated carbocycles. The Kier molecular flexibility index (Phi) is 4.85. The Morgan fingerprint density at radius 3 is 2.50 bits per heavy atom. The molecule has 0 aliphatic rings. The summed E-state index contributed by atoms with van der Waals surface area (Å²) in [6, 6.07) is 9.58. The number of hydrogen-bond acceptors (Lipinski definition) is 3. The van der Waals surface area contributed by atoms with Crippen LogP contribution in [0.5, 0.6) is 0 Å². The van der Waals surface area contributed by atoms with E-state index in [9.17, 15) is 19.3 Å². The third-order valence-electron chi connectivity index (χ3n) is 2.72. The molecular weight excluding hydrogens is 311 g/mol. The third-order valence-corrected chi connectivity index (χ3v) is 2.96. The van der Waals surface area contributed by atoms with Gasteiger partial charge in [0, 0.05) is 23.2 Å². The number of nitrogens with zero attached hydrogens (tertiary/aromatic N) is 1. The molecule has 0 unspecified atom stereocenters. The van der Waals surface area contributed by atoms with Gasteiger partial charge in [0.15, 0.2) is 0 Å². The van der Waals surface area contributed by atoms with Gasteiger partial charge in [-0.05, 0) is 42.0 Å². The highest BCUT2D eigenvalue weighted by atomic mass is 35.5. The molecule has 0 radical (unpaired) electrons. The van der Waals surface area contributed by atoms with E-state index in [2.05, 4.69) is 5.32 Å². The molecule has 0 aliphatic heterocycles. The maximum atomic E-state index is 13.5. The highest BCUT2D eigenvalue weighted by Crippen LogP contribution is 2.19. The summed E-state index contributed by atoms with van der Waals surface area (Å²) in [6.45, 7) is 0.